The van der Waals surface area contributed by atoms with Crippen LogP contribution in [0.1, 0.15) is 41.4 Å². The molecule has 4 aliphatic rings. The molecule has 0 radical (unpaired) electrons. The third-order valence-electron chi connectivity index (χ3n) is 5.72. The number of hydrogen-bond donors (Lipinski definition) is 0. The molecule has 4 heterocycles. The molecule has 196 valence electrons. The number of hydrogen-bond acceptors (Lipinski definition) is 8. The molecule has 0 aliphatic carbocycles. The number of nitrogens with zero attached hydrogens (tertiary/aromatic N) is 2. The predicted octanol–water partition coefficient (Wildman–Crippen LogP) is 6.23. The van der Waals surface area contributed by atoms with Gasteiger partial charge in [0.05, 0.1) is 30.7 Å². The molecule has 0 aromatic heterocycles. The molecule has 4 aliphatic heterocycles. The van der Waals surface area contributed by atoms with E-state index in [4.69, 9.17) is 0 Å². The number of amides is 4. The van der Waals surface area contributed by atoms with E-state index in [0.29, 0.717) is 19.6 Å². The molecule has 0 unspecified atom stereocenters. The molecule has 4 amide bonds. The minimum absolute atomic E-state index is 0.107. The standard InChI is InChI=1S/C22H8F6N2O4S4/c23-21(24,25)5-29-15(31)7-1-11-12(2-8(7)16(29)32)36-19(35-11)20-37-13-3-9-10(4-14(13)38-20)18(34)30(17(9)33)6-22(26,27)28/h1-4H,5-6H2. The molecule has 0 spiro atoms. The van der Waals surface area contributed by atoms with Crippen molar-refractivity contribution >= 4 is 70.7 Å². The van der Waals surface area contributed by atoms with Gasteiger partial charge in [-0.1, -0.05) is 47.0 Å². The van der Waals surface area contributed by atoms with Crippen molar-refractivity contribution in [3.8, 4) is 0 Å². The van der Waals surface area contributed by atoms with Crippen LogP contribution in [0.25, 0.3) is 0 Å². The van der Waals surface area contributed by atoms with Gasteiger partial charge in [-0.25, -0.2) is 0 Å². The number of fused-ring (bicyclic) bond motifs is 4. The fourth-order valence-electron chi connectivity index (χ4n) is 4.17. The predicted molar refractivity (Wildman–Crippen MR) is 126 cm³/mol. The molecular formula is C22H8F6N2O4S4. The van der Waals surface area contributed by atoms with Crippen LogP contribution in [-0.2, 0) is 0 Å². The average Bonchev–Trinajstić information content (AvgIpc) is 3.53. The molecule has 38 heavy (non-hydrogen) atoms. The summed E-state index contributed by atoms with van der Waals surface area (Å²) in [7, 11) is 0. The van der Waals surface area contributed by atoms with Crippen LogP contribution >= 0.6 is 47.0 Å². The molecular weight excluding hydrogens is 599 g/mol. The summed E-state index contributed by atoms with van der Waals surface area (Å²) in [6.45, 7) is -3.35. The van der Waals surface area contributed by atoms with Crippen molar-refractivity contribution in [2.45, 2.75) is 31.9 Å². The first-order chi connectivity index (χ1) is 17.7. The van der Waals surface area contributed by atoms with Crippen molar-refractivity contribution < 1.29 is 45.5 Å². The van der Waals surface area contributed by atoms with Gasteiger partial charge in [0.1, 0.15) is 13.1 Å². The average molecular weight is 607 g/mol. The van der Waals surface area contributed by atoms with E-state index >= 15 is 0 Å². The summed E-state index contributed by atoms with van der Waals surface area (Å²) in [6, 6.07) is 5.58. The third-order valence-corrected chi connectivity index (χ3v) is 11.3. The number of carbonyl (C=O) groups excluding carboxylic acids is 4. The monoisotopic (exact) mass is 606 g/mol. The summed E-state index contributed by atoms with van der Waals surface area (Å²) in [6.07, 6.45) is -9.45. The molecule has 2 aromatic rings. The second-order valence-electron chi connectivity index (χ2n) is 8.30. The van der Waals surface area contributed by atoms with E-state index in [-0.39, 0.29) is 32.1 Å². The minimum Gasteiger partial charge on any atom is -0.269 e. The Morgan fingerprint density at radius 3 is 0.947 bits per heavy atom. The summed E-state index contributed by atoms with van der Waals surface area (Å²) in [5.74, 6) is -4.07. The zero-order chi connectivity index (χ0) is 27.3. The Morgan fingerprint density at radius 2 is 0.737 bits per heavy atom. The van der Waals surface area contributed by atoms with Crippen molar-refractivity contribution in [1.29, 1.82) is 0 Å². The second kappa shape index (κ2) is 8.47. The van der Waals surface area contributed by atoms with E-state index in [9.17, 15) is 45.5 Å². The molecule has 16 heteroatoms. The Labute approximate surface area is 225 Å². The highest BCUT2D eigenvalue weighted by molar-refractivity contribution is 8.30. The number of rotatable bonds is 2. The lowest BCUT2D eigenvalue weighted by molar-refractivity contribution is -0.136. The van der Waals surface area contributed by atoms with E-state index in [0.717, 1.165) is 8.47 Å². The van der Waals surface area contributed by atoms with Gasteiger partial charge in [0.15, 0.2) is 0 Å². The fourth-order valence-corrected chi connectivity index (χ4v) is 9.55. The van der Waals surface area contributed by atoms with Crippen LogP contribution in [0, 0.1) is 0 Å². The van der Waals surface area contributed by atoms with E-state index in [1.54, 1.807) is 0 Å². The Bertz CT molecular complexity index is 1340. The van der Waals surface area contributed by atoms with Crippen LogP contribution in [-0.4, -0.2) is 58.9 Å². The highest BCUT2D eigenvalue weighted by atomic mass is 32.2. The number of imide groups is 2. The van der Waals surface area contributed by atoms with Crippen LogP contribution in [0.15, 0.2) is 52.3 Å². The SMILES string of the molecule is O=C1c2cc3c(cc2C(=O)N1CC(F)(F)F)SC(=C1Sc2cc4c(cc2S1)C(=O)N(CC(F)(F)F)C4=O)S3. The summed E-state index contributed by atoms with van der Waals surface area (Å²) in [4.78, 5) is 52.6. The normalized spacial score (nSPS) is 18.6. The van der Waals surface area contributed by atoms with Gasteiger partial charge in [-0.05, 0) is 24.3 Å². The van der Waals surface area contributed by atoms with Gasteiger partial charge in [0.2, 0.25) is 0 Å². The lowest BCUT2D eigenvalue weighted by Crippen LogP contribution is -2.38. The lowest BCUT2D eigenvalue weighted by atomic mass is 10.1. The molecule has 0 saturated heterocycles. The van der Waals surface area contributed by atoms with Gasteiger partial charge in [-0.2, -0.15) is 26.3 Å². The first-order valence-corrected chi connectivity index (χ1v) is 13.6. The van der Waals surface area contributed by atoms with Crippen LogP contribution in [0.4, 0.5) is 26.3 Å². The van der Waals surface area contributed by atoms with Crippen LogP contribution in [0.3, 0.4) is 0 Å². The van der Waals surface area contributed by atoms with Crippen LogP contribution in [0.2, 0.25) is 0 Å². The minimum atomic E-state index is -4.73. The third kappa shape index (κ3) is 4.21. The van der Waals surface area contributed by atoms with Gasteiger partial charge in [0, 0.05) is 19.6 Å². The van der Waals surface area contributed by atoms with Gasteiger partial charge in [-0.15, -0.1) is 0 Å². The van der Waals surface area contributed by atoms with Crippen molar-refractivity contribution in [2.75, 3.05) is 13.1 Å². The van der Waals surface area contributed by atoms with Gasteiger partial charge in [-0.3, -0.25) is 29.0 Å². The van der Waals surface area contributed by atoms with Crippen molar-refractivity contribution in [3.63, 3.8) is 0 Å². The number of thioether (sulfide) groups is 4. The Morgan fingerprint density at radius 1 is 0.500 bits per heavy atom. The highest BCUT2D eigenvalue weighted by Crippen LogP contribution is 2.62. The molecule has 0 bridgehead atoms. The quantitative estimate of drug-likeness (QED) is 0.295. The maximum atomic E-state index is 12.8. The van der Waals surface area contributed by atoms with E-state index < -0.39 is 49.1 Å². The molecule has 0 atom stereocenters. The second-order valence-corrected chi connectivity index (χ2v) is 13.0. The molecule has 6 nitrogen and oxygen atoms in total. The largest absolute Gasteiger partial charge is 0.406 e. The van der Waals surface area contributed by atoms with E-state index in [1.165, 1.54) is 71.3 Å². The summed E-state index contributed by atoms with van der Waals surface area (Å²) in [5, 5.41) is 0. The maximum absolute atomic E-state index is 12.8. The molecule has 0 fully saturated rings. The summed E-state index contributed by atoms with van der Waals surface area (Å²) < 4.78 is 78.3. The first-order valence-electron chi connectivity index (χ1n) is 10.4. The van der Waals surface area contributed by atoms with Crippen molar-refractivity contribution in [1.82, 2.24) is 9.80 Å². The van der Waals surface area contributed by atoms with Gasteiger partial charge < -0.3 is 0 Å². The Balaban J connectivity index is 1.25. The topological polar surface area (TPSA) is 74.8 Å². The molecule has 0 N–H and O–H groups in total. The number of carbonyl (C=O) groups is 4. The van der Waals surface area contributed by atoms with E-state index in [2.05, 4.69) is 0 Å². The van der Waals surface area contributed by atoms with Crippen molar-refractivity contribution in [3.05, 3.63) is 55.0 Å². The number of benzene rings is 2. The molecule has 2 aromatic carbocycles. The lowest BCUT2D eigenvalue weighted by Gasteiger charge is -2.15. The summed E-state index contributed by atoms with van der Waals surface area (Å²) >= 11 is 5.01. The maximum Gasteiger partial charge on any atom is 0.406 e. The van der Waals surface area contributed by atoms with E-state index in [1.807, 2.05) is 0 Å². The number of halogens is 6. The zero-order valence-electron chi connectivity index (χ0n) is 18.2. The first kappa shape index (κ1) is 25.7. The van der Waals surface area contributed by atoms with Crippen LogP contribution < -0.4 is 0 Å². The zero-order valence-corrected chi connectivity index (χ0v) is 21.4. The smallest absolute Gasteiger partial charge is 0.269 e. The van der Waals surface area contributed by atoms with Gasteiger partial charge >= 0.3 is 12.4 Å². The van der Waals surface area contributed by atoms with Crippen LogP contribution in [0.5, 0.6) is 0 Å². The molecule has 0 saturated carbocycles. The molecule has 6 rings (SSSR count). The summed E-state index contributed by atoms with van der Waals surface area (Å²) in [5.41, 5.74) is -0.429. The number of alkyl halides is 6. The van der Waals surface area contributed by atoms with Crippen molar-refractivity contribution in [2.24, 2.45) is 0 Å². The fraction of sp³-hybridized carbons (Fsp3) is 0.182. The Hall–Kier alpha value is -2.56. The van der Waals surface area contributed by atoms with Gasteiger partial charge in [0.25, 0.3) is 23.6 Å². The highest BCUT2D eigenvalue weighted by Gasteiger charge is 2.45. The Kier molecular flexibility index (Phi) is 5.73.